The summed E-state index contributed by atoms with van der Waals surface area (Å²) in [6.07, 6.45) is 3.77. The average Bonchev–Trinajstić information content (AvgIpc) is 2.39. The third-order valence-corrected chi connectivity index (χ3v) is 4.75. The van der Waals surface area contributed by atoms with Crippen molar-refractivity contribution in [1.82, 2.24) is 0 Å². The molecule has 0 spiro atoms. The number of rotatable bonds is 3. The molecule has 1 aliphatic carbocycles. The Morgan fingerprint density at radius 2 is 2.00 bits per heavy atom. The molecule has 0 heterocycles. The van der Waals surface area contributed by atoms with E-state index in [2.05, 4.69) is 35.1 Å². The van der Waals surface area contributed by atoms with E-state index in [0.29, 0.717) is 0 Å². The van der Waals surface area contributed by atoms with Crippen molar-refractivity contribution in [2.24, 2.45) is 5.41 Å². The second-order valence-electron chi connectivity index (χ2n) is 6.37. The van der Waals surface area contributed by atoms with Crippen LogP contribution in [-0.2, 0) is 9.53 Å². The maximum atomic E-state index is 12.4. The molecule has 1 N–H and O–H groups in total. The van der Waals surface area contributed by atoms with Crippen LogP contribution in [0.2, 0.25) is 0 Å². The van der Waals surface area contributed by atoms with Gasteiger partial charge in [0.25, 0.3) is 0 Å². The first-order valence-corrected chi connectivity index (χ1v) is 7.79. The second kappa shape index (κ2) is 5.76. The van der Waals surface area contributed by atoms with E-state index in [-0.39, 0.29) is 11.4 Å². The van der Waals surface area contributed by atoms with Gasteiger partial charge in [-0.2, -0.15) is 0 Å². The number of nitrogens with one attached hydrogen (secondary N) is 1. The van der Waals surface area contributed by atoms with E-state index in [1.165, 1.54) is 7.11 Å². The molecule has 0 radical (unpaired) electrons. The second-order valence-corrected chi connectivity index (χ2v) is 7.23. The van der Waals surface area contributed by atoms with Gasteiger partial charge in [0.2, 0.25) is 0 Å². The lowest BCUT2D eigenvalue weighted by molar-refractivity contribution is -0.148. The zero-order valence-corrected chi connectivity index (χ0v) is 13.9. The molecule has 1 aliphatic rings. The summed E-state index contributed by atoms with van der Waals surface area (Å²) in [5.74, 6) is -0.166. The molecule has 20 heavy (non-hydrogen) atoms. The smallest absolute Gasteiger partial charge is 0.331 e. The number of carbonyl (C=O) groups is 1. The topological polar surface area (TPSA) is 38.3 Å². The number of hydrogen-bond acceptors (Lipinski definition) is 3. The van der Waals surface area contributed by atoms with Gasteiger partial charge in [-0.25, -0.2) is 4.79 Å². The van der Waals surface area contributed by atoms with Gasteiger partial charge in [-0.1, -0.05) is 26.0 Å². The summed E-state index contributed by atoms with van der Waals surface area (Å²) in [5.41, 5.74) is 0.455. The van der Waals surface area contributed by atoms with Crippen molar-refractivity contribution in [3.63, 3.8) is 0 Å². The SMILES string of the molecule is COC(=O)C1(Nc2ccccc2Br)CCCC(C)(C)C1. The Bertz CT molecular complexity index is 501. The molecule has 0 aliphatic heterocycles. The van der Waals surface area contributed by atoms with E-state index >= 15 is 0 Å². The fraction of sp³-hybridized carbons (Fsp3) is 0.562. The van der Waals surface area contributed by atoms with Gasteiger partial charge in [0.1, 0.15) is 5.54 Å². The molecule has 1 aromatic carbocycles. The minimum absolute atomic E-state index is 0.140. The predicted octanol–water partition coefficient (Wildman–Crippen LogP) is 4.37. The molecule has 0 bridgehead atoms. The molecule has 0 amide bonds. The molecule has 1 unspecified atom stereocenters. The Labute approximate surface area is 129 Å². The molecule has 2 rings (SSSR count). The van der Waals surface area contributed by atoms with Gasteiger partial charge in [0.15, 0.2) is 0 Å². The molecule has 3 nitrogen and oxygen atoms in total. The van der Waals surface area contributed by atoms with Gasteiger partial charge in [-0.3, -0.25) is 0 Å². The zero-order valence-electron chi connectivity index (χ0n) is 12.3. The largest absolute Gasteiger partial charge is 0.467 e. The molecule has 1 atom stereocenters. The molecule has 1 saturated carbocycles. The van der Waals surface area contributed by atoms with E-state index in [1.54, 1.807) is 0 Å². The molecule has 4 heteroatoms. The fourth-order valence-electron chi connectivity index (χ4n) is 3.21. The molecule has 110 valence electrons. The third kappa shape index (κ3) is 3.17. The highest BCUT2D eigenvalue weighted by Crippen LogP contribution is 2.43. The highest BCUT2D eigenvalue weighted by molar-refractivity contribution is 9.10. The average molecular weight is 340 g/mol. The first-order valence-electron chi connectivity index (χ1n) is 7.00. The van der Waals surface area contributed by atoms with Gasteiger partial charge >= 0.3 is 5.97 Å². The van der Waals surface area contributed by atoms with Crippen LogP contribution in [0, 0.1) is 5.41 Å². The van der Waals surface area contributed by atoms with Gasteiger partial charge in [0.05, 0.1) is 7.11 Å². The molecular formula is C16H22BrNO2. The van der Waals surface area contributed by atoms with E-state index in [9.17, 15) is 4.79 Å². The number of esters is 1. The molecule has 1 fully saturated rings. The first-order chi connectivity index (χ1) is 9.38. The van der Waals surface area contributed by atoms with Crippen LogP contribution in [0.1, 0.15) is 39.5 Å². The third-order valence-electron chi connectivity index (χ3n) is 4.06. The molecule has 1 aromatic rings. The van der Waals surface area contributed by atoms with E-state index in [0.717, 1.165) is 35.8 Å². The standard InChI is InChI=1S/C16H22BrNO2/c1-15(2)9-6-10-16(11-15,14(19)20-3)18-13-8-5-4-7-12(13)17/h4-5,7-8,18H,6,9-11H2,1-3H3. The number of methoxy groups -OCH3 is 1. The number of carbonyl (C=O) groups excluding carboxylic acids is 1. The Morgan fingerprint density at radius 3 is 2.60 bits per heavy atom. The van der Waals surface area contributed by atoms with Crippen molar-refractivity contribution < 1.29 is 9.53 Å². The quantitative estimate of drug-likeness (QED) is 0.830. The van der Waals surface area contributed by atoms with Crippen molar-refractivity contribution >= 4 is 27.6 Å². The predicted molar refractivity (Wildman–Crippen MR) is 84.8 cm³/mol. The monoisotopic (exact) mass is 339 g/mol. The lowest BCUT2D eigenvalue weighted by atomic mass is 9.68. The highest BCUT2D eigenvalue weighted by atomic mass is 79.9. The maximum absolute atomic E-state index is 12.4. The Kier molecular flexibility index (Phi) is 4.43. The molecular weight excluding hydrogens is 318 g/mol. The number of ether oxygens (including phenoxy) is 1. The number of para-hydroxylation sites is 1. The van der Waals surface area contributed by atoms with Gasteiger partial charge in [-0.15, -0.1) is 0 Å². The Balaban J connectivity index is 2.33. The van der Waals surface area contributed by atoms with E-state index in [1.807, 2.05) is 24.3 Å². The fourth-order valence-corrected chi connectivity index (χ4v) is 3.59. The van der Waals surface area contributed by atoms with Crippen LogP contribution in [0.25, 0.3) is 0 Å². The summed E-state index contributed by atoms with van der Waals surface area (Å²) in [7, 11) is 1.47. The van der Waals surface area contributed by atoms with Crippen LogP contribution in [0.3, 0.4) is 0 Å². The van der Waals surface area contributed by atoms with Crippen molar-refractivity contribution in [1.29, 1.82) is 0 Å². The van der Waals surface area contributed by atoms with Crippen molar-refractivity contribution in [3.8, 4) is 0 Å². The Hall–Kier alpha value is -1.03. The van der Waals surface area contributed by atoms with Crippen molar-refractivity contribution in [3.05, 3.63) is 28.7 Å². The van der Waals surface area contributed by atoms with Crippen LogP contribution < -0.4 is 5.32 Å². The lowest BCUT2D eigenvalue weighted by Crippen LogP contribution is -2.52. The summed E-state index contributed by atoms with van der Waals surface area (Å²) in [6.45, 7) is 4.43. The minimum atomic E-state index is -0.625. The van der Waals surface area contributed by atoms with Gasteiger partial charge in [-0.05, 0) is 59.2 Å². The summed E-state index contributed by atoms with van der Waals surface area (Å²) < 4.78 is 6.05. The summed E-state index contributed by atoms with van der Waals surface area (Å²) in [5, 5.41) is 3.45. The van der Waals surface area contributed by atoms with E-state index < -0.39 is 5.54 Å². The van der Waals surface area contributed by atoms with Gasteiger partial charge in [0, 0.05) is 10.2 Å². The summed E-state index contributed by atoms with van der Waals surface area (Å²) >= 11 is 3.53. The maximum Gasteiger partial charge on any atom is 0.331 e. The highest BCUT2D eigenvalue weighted by Gasteiger charge is 2.46. The first kappa shape index (κ1) is 15.4. The summed E-state index contributed by atoms with van der Waals surface area (Å²) in [4.78, 5) is 12.4. The summed E-state index contributed by atoms with van der Waals surface area (Å²) in [6, 6.07) is 7.88. The van der Waals surface area contributed by atoms with E-state index in [4.69, 9.17) is 4.74 Å². The van der Waals surface area contributed by atoms with Crippen LogP contribution in [0.4, 0.5) is 5.69 Å². The zero-order chi connectivity index (χ0) is 14.8. The van der Waals surface area contributed by atoms with Crippen LogP contribution in [0.5, 0.6) is 0 Å². The van der Waals surface area contributed by atoms with Crippen molar-refractivity contribution in [2.45, 2.75) is 45.1 Å². The molecule has 0 aromatic heterocycles. The van der Waals surface area contributed by atoms with Crippen molar-refractivity contribution in [2.75, 3.05) is 12.4 Å². The Morgan fingerprint density at radius 1 is 1.30 bits per heavy atom. The normalized spacial score (nSPS) is 25.0. The number of anilines is 1. The minimum Gasteiger partial charge on any atom is -0.467 e. The van der Waals surface area contributed by atoms with Crippen LogP contribution in [0.15, 0.2) is 28.7 Å². The van der Waals surface area contributed by atoms with Crippen LogP contribution >= 0.6 is 15.9 Å². The lowest BCUT2D eigenvalue weighted by Gasteiger charge is -2.43. The number of hydrogen-bond donors (Lipinski definition) is 1. The number of benzene rings is 1. The number of halogens is 1. The molecule has 0 saturated heterocycles. The van der Waals surface area contributed by atoms with Crippen LogP contribution in [-0.4, -0.2) is 18.6 Å². The van der Waals surface area contributed by atoms with Gasteiger partial charge < -0.3 is 10.1 Å².